The summed E-state index contributed by atoms with van der Waals surface area (Å²) in [4.78, 5) is 12.1. The van der Waals surface area contributed by atoms with Crippen LogP contribution >= 0.6 is 0 Å². The van der Waals surface area contributed by atoms with Crippen LogP contribution in [0.5, 0.6) is 0 Å². The quantitative estimate of drug-likeness (QED) is 0.562. The molecule has 4 fully saturated rings. The van der Waals surface area contributed by atoms with Crippen LogP contribution in [-0.2, 0) is 4.79 Å². The second-order valence-corrected chi connectivity index (χ2v) is 9.15. The average molecular weight is 286 g/mol. The summed E-state index contributed by atoms with van der Waals surface area (Å²) in [5.41, 5.74) is 1.94. The van der Waals surface area contributed by atoms with Crippen molar-refractivity contribution < 1.29 is 4.79 Å². The van der Waals surface area contributed by atoms with Gasteiger partial charge in [-0.25, -0.2) is 0 Å². The predicted molar refractivity (Wildman–Crippen MR) is 85.9 cm³/mol. The lowest BCUT2D eigenvalue weighted by Gasteiger charge is -2.59. The lowest BCUT2D eigenvalue weighted by atomic mass is 9.45. The Bertz CT molecular complexity index is 492. The molecule has 4 aliphatic carbocycles. The van der Waals surface area contributed by atoms with Crippen molar-refractivity contribution in [3.8, 4) is 0 Å². The zero-order valence-corrected chi connectivity index (χ0v) is 13.8. The Balaban J connectivity index is 1.66. The normalized spacial score (nSPS) is 53.0. The SMILES string of the molecule is C=C1C[C@@]2(C)C(CC[C@H]3[C@@H]4CCC[C@@]4(C)CC[C@@H]32)CC1=O. The van der Waals surface area contributed by atoms with Crippen LogP contribution in [-0.4, -0.2) is 5.78 Å². The van der Waals surface area contributed by atoms with E-state index in [4.69, 9.17) is 0 Å². The van der Waals surface area contributed by atoms with Gasteiger partial charge in [-0.15, -0.1) is 0 Å². The van der Waals surface area contributed by atoms with Crippen molar-refractivity contribution in [1.82, 2.24) is 0 Å². The first-order valence-corrected chi connectivity index (χ1v) is 9.15. The highest BCUT2D eigenvalue weighted by Gasteiger charge is 2.58. The van der Waals surface area contributed by atoms with Gasteiger partial charge in [0.2, 0.25) is 0 Å². The molecule has 0 N–H and O–H groups in total. The second kappa shape index (κ2) is 4.46. The molecular weight excluding hydrogens is 256 g/mol. The molecule has 4 saturated carbocycles. The maximum Gasteiger partial charge on any atom is 0.158 e. The Kier molecular flexibility index (Phi) is 2.98. The Morgan fingerprint density at radius 1 is 1.05 bits per heavy atom. The summed E-state index contributed by atoms with van der Waals surface area (Å²) in [5, 5.41) is 0. The molecule has 1 heteroatoms. The maximum atomic E-state index is 12.1. The van der Waals surface area contributed by atoms with E-state index in [9.17, 15) is 4.79 Å². The third-order valence-electron chi connectivity index (χ3n) is 8.27. The lowest BCUT2D eigenvalue weighted by Crippen LogP contribution is -2.53. The zero-order valence-electron chi connectivity index (χ0n) is 13.8. The fraction of sp³-hybridized carbons (Fsp3) is 0.850. The molecule has 1 unspecified atom stereocenters. The summed E-state index contributed by atoms with van der Waals surface area (Å²) >= 11 is 0. The molecule has 0 heterocycles. The van der Waals surface area contributed by atoms with Gasteiger partial charge in [0.25, 0.3) is 0 Å². The van der Waals surface area contributed by atoms with Crippen LogP contribution in [0, 0.1) is 34.5 Å². The number of hydrogen-bond acceptors (Lipinski definition) is 1. The van der Waals surface area contributed by atoms with Gasteiger partial charge in [0, 0.05) is 6.42 Å². The minimum Gasteiger partial charge on any atom is -0.295 e. The van der Waals surface area contributed by atoms with Crippen molar-refractivity contribution in [2.75, 3.05) is 0 Å². The lowest BCUT2D eigenvalue weighted by molar-refractivity contribution is -0.130. The van der Waals surface area contributed by atoms with E-state index in [2.05, 4.69) is 20.4 Å². The van der Waals surface area contributed by atoms with E-state index >= 15 is 0 Å². The molecule has 6 atom stereocenters. The number of carbonyl (C=O) groups excluding carboxylic acids is 1. The highest BCUT2D eigenvalue weighted by atomic mass is 16.1. The van der Waals surface area contributed by atoms with Crippen molar-refractivity contribution in [3.05, 3.63) is 12.2 Å². The van der Waals surface area contributed by atoms with Gasteiger partial charge < -0.3 is 0 Å². The fourth-order valence-electron chi connectivity index (χ4n) is 7.07. The molecule has 4 rings (SSSR count). The van der Waals surface area contributed by atoms with E-state index in [1.807, 2.05) is 0 Å². The van der Waals surface area contributed by atoms with Crippen molar-refractivity contribution in [2.45, 2.75) is 71.6 Å². The van der Waals surface area contributed by atoms with E-state index in [1.54, 1.807) is 0 Å². The predicted octanol–water partition coefficient (Wildman–Crippen LogP) is 5.15. The summed E-state index contributed by atoms with van der Waals surface area (Å²) in [7, 11) is 0. The van der Waals surface area contributed by atoms with Crippen LogP contribution in [0.25, 0.3) is 0 Å². The summed E-state index contributed by atoms with van der Waals surface area (Å²) in [6.45, 7) is 9.17. The fourth-order valence-corrected chi connectivity index (χ4v) is 7.07. The summed E-state index contributed by atoms with van der Waals surface area (Å²) in [5.74, 6) is 3.77. The van der Waals surface area contributed by atoms with Gasteiger partial charge >= 0.3 is 0 Å². The number of rotatable bonds is 0. The van der Waals surface area contributed by atoms with Gasteiger partial charge in [0.05, 0.1) is 0 Å². The van der Waals surface area contributed by atoms with E-state index < -0.39 is 0 Å². The van der Waals surface area contributed by atoms with Gasteiger partial charge in [0.1, 0.15) is 0 Å². The van der Waals surface area contributed by atoms with Crippen molar-refractivity contribution in [1.29, 1.82) is 0 Å². The van der Waals surface area contributed by atoms with Crippen LogP contribution in [0.1, 0.15) is 71.6 Å². The highest BCUT2D eigenvalue weighted by molar-refractivity contribution is 5.95. The molecule has 0 aromatic rings. The minimum atomic E-state index is 0.359. The van der Waals surface area contributed by atoms with Gasteiger partial charge in [-0.05, 0) is 85.0 Å². The first-order chi connectivity index (χ1) is 9.94. The molecule has 0 bridgehead atoms. The van der Waals surface area contributed by atoms with Crippen LogP contribution in [0.2, 0.25) is 0 Å². The number of Topliss-reactive ketones (excluding diaryl/α,β-unsaturated/α-hetero) is 1. The molecule has 0 aromatic heterocycles. The van der Waals surface area contributed by atoms with E-state index in [-0.39, 0.29) is 0 Å². The molecule has 1 nitrogen and oxygen atoms in total. The molecule has 0 radical (unpaired) electrons. The first-order valence-electron chi connectivity index (χ1n) is 9.15. The molecule has 0 aromatic carbocycles. The van der Waals surface area contributed by atoms with Gasteiger partial charge in [-0.2, -0.15) is 0 Å². The summed E-state index contributed by atoms with van der Waals surface area (Å²) < 4.78 is 0. The van der Waals surface area contributed by atoms with Gasteiger partial charge in [-0.3, -0.25) is 4.79 Å². The van der Waals surface area contributed by atoms with Crippen LogP contribution < -0.4 is 0 Å². The number of carbonyl (C=O) groups is 1. The highest BCUT2D eigenvalue weighted by Crippen LogP contribution is 2.66. The van der Waals surface area contributed by atoms with Gasteiger partial charge in [-0.1, -0.05) is 26.8 Å². The van der Waals surface area contributed by atoms with E-state index in [0.29, 0.717) is 22.5 Å². The smallest absolute Gasteiger partial charge is 0.158 e. The Labute approximate surface area is 129 Å². The number of hydrogen-bond donors (Lipinski definition) is 0. The number of allylic oxidation sites excluding steroid dienone is 1. The molecule has 0 saturated heterocycles. The van der Waals surface area contributed by atoms with E-state index in [0.717, 1.165) is 36.2 Å². The zero-order chi connectivity index (χ0) is 14.8. The molecule has 0 aliphatic heterocycles. The second-order valence-electron chi connectivity index (χ2n) is 9.15. The topological polar surface area (TPSA) is 17.1 Å². The molecule has 0 amide bonds. The molecule has 0 spiro atoms. The third-order valence-corrected chi connectivity index (χ3v) is 8.27. The largest absolute Gasteiger partial charge is 0.295 e. The minimum absolute atomic E-state index is 0.359. The average Bonchev–Trinajstić information content (AvgIpc) is 2.82. The van der Waals surface area contributed by atoms with Crippen molar-refractivity contribution >= 4 is 5.78 Å². The van der Waals surface area contributed by atoms with Crippen molar-refractivity contribution in [2.24, 2.45) is 34.5 Å². The van der Waals surface area contributed by atoms with Crippen LogP contribution in [0.4, 0.5) is 0 Å². The first kappa shape index (κ1) is 14.0. The number of fused-ring (bicyclic) bond motifs is 5. The molecule has 21 heavy (non-hydrogen) atoms. The monoisotopic (exact) mass is 286 g/mol. The Morgan fingerprint density at radius 3 is 2.67 bits per heavy atom. The van der Waals surface area contributed by atoms with Gasteiger partial charge in [0.15, 0.2) is 5.78 Å². The molecule has 4 aliphatic rings. The molecular formula is C20H30O. The molecule has 116 valence electrons. The van der Waals surface area contributed by atoms with Crippen LogP contribution in [0.15, 0.2) is 12.2 Å². The van der Waals surface area contributed by atoms with Crippen molar-refractivity contribution in [3.63, 3.8) is 0 Å². The Morgan fingerprint density at radius 2 is 1.86 bits per heavy atom. The van der Waals surface area contributed by atoms with E-state index in [1.165, 1.54) is 44.9 Å². The standard InChI is InChI=1S/C20H30O/c1-13-12-20(3)14(11-18(13)21)6-7-15-16-5-4-9-19(16,2)10-8-17(15)20/h14-17H,1,4-12H2,2-3H3/t14?,15-,16-,17-,19-,20-/m0/s1. The third kappa shape index (κ3) is 1.85. The maximum absolute atomic E-state index is 12.1. The Hall–Kier alpha value is -0.590. The number of ketones is 1. The summed E-state index contributed by atoms with van der Waals surface area (Å²) in [6.07, 6.45) is 11.7. The van der Waals surface area contributed by atoms with Crippen LogP contribution in [0.3, 0.4) is 0 Å². The summed E-state index contributed by atoms with van der Waals surface area (Å²) in [6, 6.07) is 0.